The summed E-state index contributed by atoms with van der Waals surface area (Å²) in [5, 5.41) is 18.6. The Kier molecular flexibility index (Phi) is 7.23. The number of aromatic hydroxyl groups is 1. The summed E-state index contributed by atoms with van der Waals surface area (Å²) in [6.07, 6.45) is 0.784. The second-order valence-corrected chi connectivity index (χ2v) is 9.18. The number of fused-ring (bicyclic) bond motifs is 1. The first-order chi connectivity index (χ1) is 16.8. The van der Waals surface area contributed by atoms with E-state index in [1.807, 2.05) is 39.0 Å². The fourth-order valence-corrected chi connectivity index (χ4v) is 4.58. The van der Waals surface area contributed by atoms with Gasteiger partial charge >= 0.3 is 0 Å². The van der Waals surface area contributed by atoms with Crippen molar-refractivity contribution in [1.82, 2.24) is 15.1 Å². The molecule has 2 aromatic carbocycles. The molecule has 35 heavy (non-hydrogen) atoms. The molecule has 0 saturated carbocycles. The third-order valence-corrected chi connectivity index (χ3v) is 6.52. The molecule has 9 heteroatoms. The quantitative estimate of drug-likeness (QED) is 0.396. The number of carbonyl (C=O) groups is 1. The molecule has 4 rings (SSSR count). The summed E-state index contributed by atoms with van der Waals surface area (Å²) in [7, 11) is 3.15. The first-order valence-electron chi connectivity index (χ1n) is 11.5. The van der Waals surface area contributed by atoms with Gasteiger partial charge in [0.25, 0.3) is 5.91 Å². The molecule has 0 bridgehead atoms. The Morgan fingerprint density at radius 2 is 1.91 bits per heavy atom. The Bertz CT molecular complexity index is 1240. The first kappa shape index (κ1) is 24.9. The van der Waals surface area contributed by atoms with Crippen LogP contribution in [0.2, 0.25) is 5.02 Å². The summed E-state index contributed by atoms with van der Waals surface area (Å²) in [6, 6.07) is 8.41. The van der Waals surface area contributed by atoms with E-state index in [1.54, 1.807) is 31.3 Å². The Hall–Kier alpha value is -3.23. The summed E-state index contributed by atoms with van der Waals surface area (Å²) in [6.45, 7) is 6.79. The predicted octanol–water partition coefficient (Wildman–Crippen LogP) is 5.12. The summed E-state index contributed by atoms with van der Waals surface area (Å²) in [5.74, 6) is 1.03. The van der Waals surface area contributed by atoms with Crippen molar-refractivity contribution in [2.45, 2.75) is 39.3 Å². The van der Waals surface area contributed by atoms with Crippen LogP contribution in [0.15, 0.2) is 30.3 Å². The van der Waals surface area contributed by atoms with E-state index in [1.165, 1.54) is 0 Å². The van der Waals surface area contributed by atoms with Gasteiger partial charge in [-0.3, -0.25) is 9.89 Å². The second kappa shape index (κ2) is 10.2. The highest BCUT2D eigenvalue weighted by atomic mass is 35.5. The standard InChI is InChI=1S/C26H30ClN3O5/c1-14(2)35-10-6-9-30-25(16-7-8-20(33-4)21(12-16)34-5)22-23(28-29-24(22)26(30)32)17-13-18(27)15(3)11-19(17)31/h7-8,11-14,25,31H,6,9-10H2,1-5H3,(H,28,29). The van der Waals surface area contributed by atoms with Crippen molar-refractivity contribution in [2.75, 3.05) is 27.4 Å². The fourth-order valence-electron chi connectivity index (χ4n) is 4.41. The number of benzene rings is 2. The zero-order valence-corrected chi connectivity index (χ0v) is 21.3. The Morgan fingerprint density at radius 1 is 1.17 bits per heavy atom. The molecule has 0 spiro atoms. The van der Waals surface area contributed by atoms with Crippen molar-refractivity contribution in [1.29, 1.82) is 0 Å². The monoisotopic (exact) mass is 499 g/mol. The predicted molar refractivity (Wildman–Crippen MR) is 134 cm³/mol. The zero-order valence-electron chi connectivity index (χ0n) is 20.5. The van der Waals surface area contributed by atoms with Crippen LogP contribution in [0.5, 0.6) is 17.2 Å². The van der Waals surface area contributed by atoms with Crippen molar-refractivity contribution in [2.24, 2.45) is 0 Å². The molecule has 2 N–H and O–H groups in total. The van der Waals surface area contributed by atoms with Gasteiger partial charge in [-0.2, -0.15) is 5.10 Å². The number of hydrogen-bond donors (Lipinski definition) is 2. The number of amides is 1. The van der Waals surface area contributed by atoms with Crippen LogP contribution < -0.4 is 9.47 Å². The number of halogens is 1. The number of carbonyl (C=O) groups excluding carboxylic acids is 1. The molecule has 1 amide bonds. The lowest BCUT2D eigenvalue weighted by molar-refractivity contribution is 0.0601. The fraction of sp³-hybridized carbons (Fsp3) is 0.385. The smallest absolute Gasteiger partial charge is 0.273 e. The number of methoxy groups -OCH3 is 2. The average molecular weight is 500 g/mol. The van der Waals surface area contributed by atoms with Crippen LogP contribution in [0.3, 0.4) is 0 Å². The van der Waals surface area contributed by atoms with Crippen molar-refractivity contribution in [3.63, 3.8) is 0 Å². The highest BCUT2D eigenvalue weighted by Gasteiger charge is 2.42. The minimum absolute atomic E-state index is 0.0449. The van der Waals surface area contributed by atoms with Gasteiger partial charge in [-0.25, -0.2) is 0 Å². The topological polar surface area (TPSA) is 96.9 Å². The summed E-state index contributed by atoms with van der Waals surface area (Å²) >= 11 is 6.38. The maximum atomic E-state index is 13.5. The number of aromatic nitrogens is 2. The molecule has 1 unspecified atom stereocenters. The van der Waals surface area contributed by atoms with Crippen molar-refractivity contribution >= 4 is 17.5 Å². The molecule has 1 aliphatic rings. The first-order valence-corrected chi connectivity index (χ1v) is 11.9. The van der Waals surface area contributed by atoms with E-state index >= 15 is 0 Å². The summed E-state index contributed by atoms with van der Waals surface area (Å²) in [5.41, 5.74) is 3.59. The van der Waals surface area contributed by atoms with Crippen molar-refractivity contribution < 1.29 is 24.1 Å². The minimum atomic E-state index is -0.454. The van der Waals surface area contributed by atoms with Crippen LogP contribution in [0.25, 0.3) is 11.3 Å². The van der Waals surface area contributed by atoms with Crippen molar-refractivity contribution in [3.05, 3.63) is 57.7 Å². The molecule has 3 aromatic rings. The van der Waals surface area contributed by atoms with E-state index in [9.17, 15) is 9.90 Å². The number of nitrogens with zero attached hydrogens (tertiary/aromatic N) is 2. The van der Waals surface area contributed by atoms with Gasteiger partial charge in [-0.1, -0.05) is 17.7 Å². The lowest BCUT2D eigenvalue weighted by Crippen LogP contribution is -2.31. The number of nitrogens with one attached hydrogen (secondary N) is 1. The lowest BCUT2D eigenvalue weighted by atomic mass is 9.95. The molecule has 1 aromatic heterocycles. The van der Waals surface area contributed by atoms with Crippen molar-refractivity contribution in [3.8, 4) is 28.5 Å². The van der Waals surface area contributed by atoms with Gasteiger partial charge in [0.15, 0.2) is 11.5 Å². The van der Waals surface area contributed by atoms with Crippen LogP contribution >= 0.6 is 11.6 Å². The maximum Gasteiger partial charge on any atom is 0.273 e. The largest absolute Gasteiger partial charge is 0.507 e. The third-order valence-electron chi connectivity index (χ3n) is 6.11. The van der Waals surface area contributed by atoms with E-state index in [2.05, 4.69) is 10.2 Å². The number of ether oxygens (including phenoxy) is 3. The van der Waals surface area contributed by atoms with Gasteiger partial charge < -0.3 is 24.2 Å². The van der Waals surface area contributed by atoms with Gasteiger partial charge in [0, 0.05) is 29.3 Å². The average Bonchev–Trinajstić information content (AvgIpc) is 3.37. The van der Waals surface area contributed by atoms with E-state index in [-0.39, 0.29) is 17.8 Å². The third kappa shape index (κ3) is 4.68. The summed E-state index contributed by atoms with van der Waals surface area (Å²) < 4.78 is 16.6. The number of aryl methyl sites for hydroxylation is 1. The molecule has 2 heterocycles. The molecule has 1 aliphatic heterocycles. The Morgan fingerprint density at radius 3 is 2.60 bits per heavy atom. The molecule has 0 fully saturated rings. The number of aromatic amines is 1. The molecule has 186 valence electrons. The molecule has 0 aliphatic carbocycles. The molecular weight excluding hydrogens is 470 g/mol. The van der Waals surface area contributed by atoms with Crippen LogP contribution in [-0.4, -0.2) is 59.6 Å². The van der Waals surface area contributed by atoms with E-state index in [0.29, 0.717) is 58.6 Å². The van der Waals surface area contributed by atoms with E-state index in [0.717, 1.165) is 11.1 Å². The van der Waals surface area contributed by atoms with Gasteiger partial charge in [0.1, 0.15) is 17.1 Å². The Labute approximate surface area is 209 Å². The van der Waals surface area contributed by atoms with Gasteiger partial charge in [-0.15, -0.1) is 0 Å². The normalized spacial score (nSPS) is 15.1. The van der Waals surface area contributed by atoms with E-state index in [4.69, 9.17) is 25.8 Å². The number of rotatable bonds is 9. The van der Waals surface area contributed by atoms with Gasteiger partial charge in [-0.05, 0) is 62.6 Å². The number of phenolic OH excluding ortho intramolecular Hbond substituents is 1. The molecular formula is C26H30ClN3O5. The number of phenols is 1. The highest BCUT2D eigenvalue weighted by molar-refractivity contribution is 6.31. The molecule has 8 nitrogen and oxygen atoms in total. The van der Waals surface area contributed by atoms with E-state index < -0.39 is 6.04 Å². The zero-order chi connectivity index (χ0) is 25.3. The highest BCUT2D eigenvalue weighted by Crippen LogP contribution is 2.46. The van der Waals surface area contributed by atoms with Crippen LogP contribution in [0.1, 0.15) is 53.5 Å². The maximum absolute atomic E-state index is 13.5. The van der Waals surface area contributed by atoms with Crippen LogP contribution in [0, 0.1) is 6.92 Å². The molecule has 0 radical (unpaired) electrons. The van der Waals surface area contributed by atoms with Gasteiger partial charge in [0.05, 0.1) is 26.4 Å². The Balaban J connectivity index is 1.82. The minimum Gasteiger partial charge on any atom is -0.507 e. The van der Waals surface area contributed by atoms with Gasteiger partial charge in [0.2, 0.25) is 0 Å². The van der Waals surface area contributed by atoms with Crippen LogP contribution in [0.4, 0.5) is 0 Å². The second-order valence-electron chi connectivity index (χ2n) is 8.77. The number of H-pyrrole nitrogens is 1. The lowest BCUT2D eigenvalue weighted by Gasteiger charge is -2.27. The SMILES string of the molecule is COc1ccc(C2c3c(-c4cc(Cl)c(C)cc4O)n[nH]c3C(=O)N2CCCOC(C)C)cc1OC. The molecule has 0 saturated heterocycles. The number of hydrogen-bond acceptors (Lipinski definition) is 6. The van der Waals surface area contributed by atoms with Crippen LogP contribution in [-0.2, 0) is 4.74 Å². The summed E-state index contributed by atoms with van der Waals surface area (Å²) in [4.78, 5) is 15.3. The molecule has 1 atom stereocenters.